The van der Waals surface area contributed by atoms with Crippen LogP contribution in [0.15, 0.2) is 64.9 Å². The van der Waals surface area contributed by atoms with E-state index in [4.69, 9.17) is 0 Å². The summed E-state index contributed by atoms with van der Waals surface area (Å²) >= 11 is 1.27. The Balaban J connectivity index is 1.62. The van der Waals surface area contributed by atoms with E-state index in [-0.39, 0.29) is 5.91 Å². The van der Waals surface area contributed by atoms with E-state index in [9.17, 15) is 4.79 Å². The van der Waals surface area contributed by atoms with Crippen LogP contribution in [0, 0.1) is 0 Å². The van der Waals surface area contributed by atoms with Crippen molar-refractivity contribution in [2.24, 2.45) is 4.99 Å². The average molecular weight is 333 g/mol. The van der Waals surface area contributed by atoms with Crippen molar-refractivity contribution in [3.63, 3.8) is 0 Å². The van der Waals surface area contributed by atoms with E-state index in [1.165, 1.54) is 11.8 Å². The van der Waals surface area contributed by atoms with Gasteiger partial charge in [-0.05, 0) is 47.7 Å². The summed E-state index contributed by atoms with van der Waals surface area (Å²) in [5, 5.41) is 4.22. The summed E-state index contributed by atoms with van der Waals surface area (Å²) in [6.07, 6.45) is 6.80. The molecule has 6 nitrogen and oxygen atoms in total. The molecule has 4 rings (SSSR count). The van der Waals surface area contributed by atoms with Crippen LogP contribution in [0.4, 0.5) is 5.95 Å². The molecule has 2 aromatic heterocycles. The van der Waals surface area contributed by atoms with Crippen molar-refractivity contribution in [3.8, 4) is 0 Å². The van der Waals surface area contributed by atoms with Crippen LogP contribution in [-0.2, 0) is 4.79 Å². The largest absolute Gasteiger partial charge is 0.300 e. The predicted octanol–water partition coefficient (Wildman–Crippen LogP) is 2.92. The predicted molar refractivity (Wildman–Crippen MR) is 94.6 cm³/mol. The summed E-state index contributed by atoms with van der Waals surface area (Å²) in [6.45, 7) is 0. The molecule has 0 saturated carbocycles. The third-order valence-electron chi connectivity index (χ3n) is 3.33. The number of amides is 1. The Morgan fingerprint density at radius 3 is 2.75 bits per heavy atom. The van der Waals surface area contributed by atoms with Crippen LogP contribution < -0.4 is 5.32 Å². The first-order valence-electron chi connectivity index (χ1n) is 7.19. The van der Waals surface area contributed by atoms with Gasteiger partial charge in [0.15, 0.2) is 5.17 Å². The highest BCUT2D eigenvalue weighted by atomic mass is 32.2. The minimum absolute atomic E-state index is 0.180. The van der Waals surface area contributed by atoms with Gasteiger partial charge in [0.05, 0.1) is 10.4 Å². The first-order valence-corrected chi connectivity index (χ1v) is 8.01. The minimum atomic E-state index is -0.180. The van der Waals surface area contributed by atoms with E-state index >= 15 is 0 Å². The Bertz CT molecular complexity index is 984. The van der Waals surface area contributed by atoms with Crippen LogP contribution in [0.25, 0.3) is 17.0 Å². The quantitative estimate of drug-likeness (QED) is 0.729. The lowest BCUT2D eigenvalue weighted by Crippen LogP contribution is -2.19. The third-order valence-corrected chi connectivity index (χ3v) is 4.24. The Morgan fingerprint density at radius 2 is 1.88 bits per heavy atom. The fraction of sp³-hybridized carbons (Fsp3) is 0. The van der Waals surface area contributed by atoms with Crippen molar-refractivity contribution in [2.75, 3.05) is 0 Å². The number of pyridine rings is 1. The molecule has 0 atom stereocenters. The zero-order valence-corrected chi connectivity index (χ0v) is 13.2. The summed E-state index contributed by atoms with van der Waals surface area (Å²) in [6, 6.07) is 11.5. The fourth-order valence-corrected chi connectivity index (χ4v) is 3.07. The number of hydrogen-bond acceptors (Lipinski definition) is 6. The lowest BCUT2D eigenvalue weighted by molar-refractivity contribution is -0.115. The Kier molecular flexibility index (Phi) is 3.76. The van der Waals surface area contributed by atoms with Gasteiger partial charge in [-0.2, -0.15) is 4.99 Å². The van der Waals surface area contributed by atoms with Gasteiger partial charge in [0, 0.05) is 24.0 Å². The number of nitrogens with one attached hydrogen (secondary N) is 1. The second kappa shape index (κ2) is 6.21. The van der Waals surface area contributed by atoms with E-state index in [0.29, 0.717) is 16.0 Å². The van der Waals surface area contributed by atoms with Crippen molar-refractivity contribution in [3.05, 3.63) is 65.5 Å². The molecule has 3 aromatic rings. The van der Waals surface area contributed by atoms with Crippen molar-refractivity contribution < 1.29 is 4.79 Å². The van der Waals surface area contributed by atoms with Crippen LogP contribution in [-0.4, -0.2) is 26.0 Å². The highest BCUT2D eigenvalue weighted by Gasteiger charge is 2.24. The molecule has 0 bridgehead atoms. The normalized spacial score (nSPS) is 17.6. The second-order valence-corrected chi connectivity index (χ2v) is 6.02. The smallest absolute Gasteiger partial charge is 0.264 e. The van der Waals surface area contributed by atoms with E-state index < -0.39 is 0 Å². The van der Waals surface area contributed by atoms with Gasteiger partial charge in [-0.25, -0.2) is 9.97 Å². The standard InChI is InChI=1S/C17H11N5OS/c23-15-14(24-17(21-15)22-16-19-7-2-8-20-16)10-11-4-5-13-12(9-11)3-1-6-18-13/h1-10H,(H,19,20,21,22,23)/b14-10+. The first-order chi connectivity index (χ1) is 11.8. The monoisotopic (exact) mass is 333 g/mol. The number of amidine groups is 1. The van der Waals surface area contributed by atoms with Gasteiger partial charge in [-0.1, -0.05) is 12.1 Å². The fourth-order valence-electron chi connectivity index (χ4n) is 2.26. The average Bonchev–Trinajstić information content (AvgIpc) is 2.95. The summed E-state index contributed by atoms with van der Waals surface area (Å²) in [5.74, 6) is 0.138. The number of fused-ring (bicyclic) bond motifs is 1. The molecule has 1 aliphatic heterocycles. The maximum atomic E-state index is 12.1. The molecule has 1 aliphatic rings. The van der Waals surface area contributed by atoms with E-state index in [1.54, 1.807) is 24.7 Å². The van der Waals surface area contributed by atoms with E-state index in [0.717, 1.165) is 16.5 Å². The number of aliphatic imine (C=N–C) groups is 1. The maximum Gasteiger partial charge on any atom is 0.264 e. The number of rotatable bonds is 2. The van der Waals surface area contributed by atoms with Crippen LogP contribution >= 0.6 is 11.8 Å². The Morgan fingerprint density at radius 1 is 1.04 bits per heavy atom. The van der Waals surface area contributed by atoms with Crippen LogP contribution in [0.5, 0.6) is 0 Å². The molecule has 0 radical (unpaired) electrons. The molecule has 7 heteroatoms. The number of carbonyl (C=O) groups excluding carboxylic acids is 1. The maximum absolute atomic E-state index is 12.1. The molecule has 1 aromatic carbocycles. The summed E-state index contributed by atoms with van der Waals surface area (Å²) in [5.41, 5.74) is 1.86. The lowest BCUT2D eigenvalue weighted by atomic mass is 10.1. The van der Waals surface area contributed by atoms with Crippen LogP contribution in [0.3, 0.4) is 0 Å². The highest BCUT2D eigenvalue weighted by molar-refractivity contribution is 8.18. The van der Waals surface area contributed by atoms with Gasteiger partial charge in [-0.15, -0.1) is 0 Å². The second-order valence-electron chi connectivity index (χ2n) is 4.99. The topological polar surface area (TPSA) is 80.1 Å². The van der Waals surface area contributed by atoms with Crippen molar-refractivity contribution >= 4 is 45.8 Å². The zero-order valence-electron chi connectivity index (χ0n) is 12.4. The van der Waals surface area contributed by atoms with Crippen LogP contribution in [0.1, 0.15) is 5.56 Å². The summed E-state index contributed by atoms with van der Waals surface area (Å²) in [4.78, 5) is 29.2. The van der Waals surface area contributed by atoms with Gasteiger partial charge in [-0.3, -0.25) is 9.78 Å². The van der Waals surface area contributed by atoms with Gasteiger partial charge in [0.1, 0.15) is 0 Å². The molecule has 24 heavy (non-hydrogen) atoms. The number of nitrogens with zero attached hydrogens (tertiary/aromatic N) is 4. The number of aromatic nitrogens is 3. The molecular formula is C17H11N5OS. The molecule has 1 N–H and O–H groups in total. The van der Waals surface area contributed by atoms with Crippen LogP contribution in [0.2, 0.25) is 0 Å². The first kappa shape index (κ1) is 14.5. The molecule has 0 unspecified atom stereocenters. The lowest BCUT2D eigenvalue weighted by Gasteiger charge is -1.99. The molecule has 3 heterocycles. The number of carbonyl (C=O) groups is 1. The molecule has 1 amide bonds. The van der Waals surface area contributed by atoms with Gasteiger partial charge in [0.2, 0.25) is 0 Å². The SMILES string of the molecule is O=C1N/C(=N\c2ncccn2)S/C1=C/c1ccc2ncccc2c1. The number of hydrogen-bond donors (Lipinski definition) is 1. The molecule has 1 saturated heterocycles. The molecule has 0 spiro atoms. The Hall–Kier alpha value is -3.06. The van der Waals surface area contributed by atoms with Crippen molar-refractivity contribution in [1.82, 2.24) is 20.3 Å². The number of thioether (sulfide) groups is 1. The number of benzene rings is 1. The Labute approximate surface area is 141 Å². The molecule has 0 aliphatic carbocycles. The molecule has 1 fully saturated rings. The molecule has 116 valence electrons. The minimum Gasteiger partial charge on any atom is -0.300 e. The van der Waals surface area contributed by atoms with Gasteiger partial charge in [0.25, 0.3) is 11.9 Å². The van der Waals surface area contributed by atoms with Crippen molar-refractivity contribution in [2.45, 2.75) is 0 Å². The van der Waals surface area contributed by atoms with E-state index in [1.807, 2.05) is 36.4 Å². The summed E-state index contributed by atoms with van der Waals surface area (Å²) < 4.78 is 0. The van der Waals surface area contributed by atoms with Gasteiger partial charge >= 0.3 is 0 Å². The van der Waals surface area contributed by atoms with E-state index in [2.05, 4.69) is 25.3 Å². The third kappa shape index (κ3) is 3.02. The zero-order chi connectivity index (χ0) is 16.4. The van der Waals surface area contributed by atoms with Crippen molar-refractivity contribution in [1.29, 1.82) is 0 Å². The molecular weight excluding hydrogens is 322 g/mol. The van der Waals surface area contributed by atoms with Gasteiger partial charge < -0.3 is 5.32 Å². The highest BCUT2D eigenvalue weighted by Crippen LogP contribution is 2.27. The summed E-state index contributed by atoms with van der Waals surface area (Å²) in [7, 11) is 0.